The number of aliphatic hydroxyl groups is 1. The Kier molecular flexibility index (Phi) is 20.3. The number of benzene rings is 1. The van der Waals surface area contributed by atoms with Gasteiger partial charge in [0.05, 0.1) is 39.2 Å². The number of thiophene rings is 1. The zero-order chi connectivity index (χ0) is 42.3. The topological polar surface area (TPSA) is 250 Å². The predicted molar refractivity (Wildman–Crippen MR) is 212 cm³/mol. The van der Waals surface area contributed by atoms with Crippen LogP contribution in [-0.2, 0) is 69.6 Å². The summed E-state index contributed by atoms with van der Waals surface area (Å²) < 4.78 is 47.7. The van der Waals surface area contributed by atoms with Crippen molar-refractivity contribution in [1.82, 2.24) is 25.0 Å². The fourth-order valence-corrected chi connectivity index (χ4v) is 6.86. The highest BCUT2D eigenvalue weighted by molar-refractivity contribution is 7.47. The van der Waals surface area contributed by atoms with Crippen molar-refractivity contribution in [3.8, 4) is 0 Å². The van der Waals surface area contributed by atoms with Gasteiger partial charge in [-0.15, -0.1) is 16.4 Å². The van der Waals surface area contributed by atoms with E-state index in [1.165, 1.54) is 11.3 Å². The van der Waals surface area contributed by atoms with Gasteiger partial charge in [0.25, 0.3) is 12.9 Å². The van der Waals surface area contributed by atoms with Crippen LogP contribution >= 0.6 is 30.8 Å². The van der Waals surface area contributed by atoms with E-state index in [1.54, 1.807) is 10.9 Å². The second kappa shape index (κ2) is 25.6. The minimum Gasteiger partial charge on any atom is -0.464 e. The lowest BCUT2D eigenvalue weighted by molar-refractivity contribution is -0.145. The van der Waals surface area contributed by atoms with Crippen LogP contribution in [0.4, 0.5) is 5.69 Å². The molecule has 20 nitrogen and oxygen atoms in total. The van der Waals surface area contributed by atoms with Gasteiger partial charge in [-0.2, -0.15) is 0 Å². The molecule has 0 saturated heterocycles. The van der Waals surface area contributed by atoms with Crippen LogP contribution in [0.15, 0.2) is 41.9 Å². The average Bonchev–Trinajstić information content (AvgIpc) is 3.91. The van der Waals surface area contributed by atoms with Gasteiger partial charge in [0.1, 0.15) is 35.5 Å². The molecule has 0 aliphatic rings. The predicted octanol–water partition coefficient (Wildman–Crippen LogP) is 3.62. The number of halogens is 1. The molecule has 3 aromatic heterocycles. The first-order valence-electron chi connectivity index (χ1n) is 18.2. The van der Waals surface area contributed by atoms with Gasteiger partial charge < -0.3 is 38.6 Å². The van der Waals surface area contributed by atoms with Crippen molar-refractivity contribution in [2.45, 2.75) is 44.9 Å². The zero-order valence-electron chi connectivity index (χ0n) is 31.7. The van der Waals surface area contributed by atoms with Crippen molar-refractivity contribution >= 4 is 83.7 Å². The van der Waals surface area contributed by atoms with Crippen molar-refractivity contribution in [2.24, 2.45) is 0 Å². The number of fused-ring (bicyclic) bond motifs is 1. The maximum Gasteiger partial charge on any atom is 0.472 e. The summed E-state index contributed by atoms with van der Waals surface area (Å²) in [6.45, 7) is 0.546. The summed E-state index contributed by atoms with van der Waals surface area (Å²) in [6, 6.07) is 9.74. The third-order valence-electron chi connectivity index (χ3n) is 7.88. The van der Waals surface area contributed by atoms with Crippen LogP contribution in [0.5, 0.6) is 0 Å². The molecule has 2 N–H and O–H groups in total. The lowest BCUT2D eigenvalue weighted by Gasteiger charge is -2.24. The Morgan fingerprint density at radius 3 is 2.47 bits per heavy atom. The second-order valence-corrected chi connectivity index (χ2v) is 14.9. The normalized spacial score (nSPS) is 12.9. The molecule has 1 aromatic carbocycles. The standard InChI is InChI=1S/C36H44ClN6O14PS/c37-35-31-11-20-59-36(31)39-32(38-35)10-7-27-5-8-29(9-6-27)42(14-15-44)12-13-43-21-28(40-41-43)22-54-34(48)3-1-16-51-18-19-53-33(47)4-2-17-56-58(49,50)57-24-30(55-26-46)23-52-25-45/h5-11,20-21,25-26,30,44H,1-4,12-19,22-24H2,(H,49,50)/b10-7+. The smallest absolute Gasteiger partial charge is 0.464 e. The number of aromatic nitrogens is 5. The van der Waals surface area contributed by atoms with Gasteiger partial charge in [-0.05, 0) is 48.1 Å². The van der Waals surface area contributed by atoms with E-state index in [9.17, 15) is 33.7 Å². The van der Waals surface area contributed by atoms with Gasteiger partial charge >= 0.3 is 19.8 Å². The Morgan fingerprint density at radius 1 is 0.932 bits per heavy atom. The second-order valence-electron chi connectivity index (χ2n) is 12.2. The van der Waals surface area contributed by atoms with Gasteiger partial charge in [-0.1, -0.05) is 35.0 Å². The number of rotatable bonds is 30. The van der Waals surface area contributed by atoms with Crippen LogP contribution in [0.2, 0.25) is 5.15 Å². The molecule has 0 radical (unpaired) electrons. The highest BCUT2D eigenvalue weighted by Gasteiger charge is 2.24. The molecule has 320 valence electrons. The summed E-state index contributed by atoms with van der Waals surface area (Å²) in [5.41, 5.74) is 2.34. The number of carbonyl (C=O) groups excluding carboxylic acids is 4. The minimum absolute atomic E-state index is 0.0368. The van der Waals surface area contributed by atoms with E-state index in [1.807, 2.05) is 52.8 Å². The molecule has 0 bridgehead atoms. The number of phosphoric ester groups is 1. The minimum atomic E-state index is -4.52. The van der Waals surface area contributed by atoms with E-state index < -0.39 is 32.5 Å². The Hall–Kier alpha value is -4.86. The number of hydrogen-bond acceptors (Lipinski definition) is 19. The third kappa shape index (κ3) is 17.5. The Morgan fingerprint density at radius 2 is 1.71 bits per heavy atom. The summed E-state index contributed by atoms with van der Waals surface area (Å²) in [6.07, 6.45) is 4.72. The molecule has 0 aliphatic carbocycles. The molecule has 23 heteroatoms. The van der Waals surface area contributed by atoms with Gasteiger partial charge in [0, 0.05) is 43.6 Å². The first-order chi connectivity index (χ1) is 28.6. The molecular formula is C36H44ClN6O14PS. The average molecular weight is 883 g/mol. The first kappa shape index (κ1) is 46.8. The Balaban J connectivity index is 1.04. The molecule has 0 spiro atoms. The lowest BCUT2D eigenvalue weighted by atomic mass is 10.1. The van der Waals surface area contributed by atoms with Crippen LogP contribution in [-0.4, -0.2) is 125 Å². The molecule has 0 amide bonds. The van der Waals surface area contributed by atoms with Crippen molar-refractivity contribution < 1.29 is 66.5 Å². The first-order valence-corrected chi connectivity index (χ1v) is 20.9. The SMILES string of the molecule is O=COCC(COP(=O)(O)OCCCC(=O)OCCOCCCC(=O)OCc1cn(CCN(CCO)c2ccc(/C=C/c3nc(Cl)c4ccsc4n3)cc2)nn1)OC=O. The summed E-state index contributed by atoms with van der Waals surface area (Å²) >= 11 is 7.78. The maximum atomic E-state index is 12.2. The molecule has 2 unspecified atom stereocenters. The highest BCUT2D eigenvalue weighted by atomic mass is 35.5. The quantitative estimate of drug-likeness (QED) is 0.0189. The number of esters is 2. The van der Waals surface area contributed by atoms with Gasteiger partial charge in [-0.25, -0.2) is 14.5 Å². The van der Waals surface area contributed by atoms with Crippen molar-refractivity contribution in [1.29, 1.82) is 0 Å². The molecule has 59 heavy (non-hydrogen) atoms. The molecule has 0 saturated carbocycles. The number of anilines is 1. The van der Waals surface area contributed by atoms with E-state index in [2.05, 4.69) is 29.8 Å². The summed E-state index contributed by atoms with van der Waals surface area (Å²) in [7, 11) is -4.52. The third-order valence-corrected chi connectivity index (χ3v) is 9.96. The van der Waals surface area contributed by atoms with Crippen LogP contribution < -0.4 is 4.90 Å². The monoisotopic (exact) mass is 882 g/mol. The van der Waals surface area contributed by atoms with Crippen molar-refractivity contribution in [3.63, 3.8) is 0 Å². The summed E-state index contributed by atoms with van der Waals surface area (Å²) in [4.78, 5) is 66.2. The number of aliphatic hydroxyl groups excluding tert-OH is 1. The van der Waals surface area contributed by atoms with Crippen molar-refractivity contribution in [2.75, 3.05) is 64.2 Å². The summed E-state index contributed by atoms with van der Waals surface area (Å²) in [5, 5.41) is 21.1. The number of hydrogen-bond donors (Lipinski definition) is 2. The van der Waals surface area contributed by atoms with Gasteiger partial charge in [-0.3, -0.25) is 32.9 Å². The zero-order valence-corrected chi connectivity index (χ0v) is 34.2. The molecule has 4 rings (SSSR count). The number of carbonyl (C=O) groups is 4. The van der Waals surface area contributed by atoms with Gasteiger partial charge in [0.2, 0.25) is 0 Å². The van der Waals surface area contributed by atoms with E-state index in [-0.39, 0.29) is 78.5 Å². The number of phosphoric acid groups is 1. The molecular weight excluding hydrogens is 839 g/mol. The molecule has 2 atom stereocenters. The summed E-state index contributed by atoms with van der Waals surface area (Å²) in [5.74, 6) is -0.501. The molecule has 4 aromatic rings. The molecule has 3 heterocycles. The fraction of sp³-hybridized carbons (Fsp3) is 0.444. The molecule has 0 aliphatic heterocycles. The van der Waals surface area contributed by atoms with Crippen LogP contribution in [0.25, 0.3) is 22.4 Å². The van der Waals surface area contributed by atoms with Crippen LogP contribution in [0.3, 0.4) is 0 Å². The number of ether oxygens (including phenoxy) is 5. The van der Waals surface area contributed by atoms with E-state index in [0.29, 0.717) is 42.7 Å². The molecule has 0 fully saturated rings. The van der Waals surface area contributed by atoms with Crippen LogP contribution in [0.1, 0.15) is 42.8 Å². The van der Waals surface area contributed by atoms with E-state index in [0.717, 1.165) is 21.5 Å². The Labute approximate surface area is 347 Å². The highest BCUT2D eigenvalue weighted by Crippen LogP contribution is 2.43. The Bertz CT molecular complexity index is 2000. The van der Waals surface area contributed by atoms with Crippen molar-refractivity contribution in [3.05, 3.63) is 64.1 Å². The van der Waals surface area contributed by atoms with Gasteiger partial charge in [0.15, 0.2) is 11.9 Å². The fourth-order valence-electron chi connectivity index (χ4n) is 5.00. The van der Waals surface area contributed by atoms with Crippen LogP contribution in [0, 0.1) is 0 Å². The maximum absolute atomic E-state index is 12.2. The lowest BCUT2D eigenvalue weighted by Crippen LogP contribution is -2.30. The van der Waals surface area contributed by atoms with E-state index >= 15 is 0 Å². The van der Waals surface area contributed by atoms with E-state index in [4.69, 9.17) is 34.9 Å². The number of nitrogens with zero attached hydrogens (tertiary/aromatic N) is 6. The largest absolute Gasteiger partial charge is 0.472 e.